The van der Waals surface area contributed by atoms with Crippen LogP contribution in [0.3, 0.4) is 0 Å². The van der Waals surface area contributed by atoms with E-state index in [2.05, 4.69) is 10.0 Å². The number of hydrogen-bond donors (Lipinski definition) is 2. The fourth-order valence-electron chi connectivity index (χ4n) is 3.25. The van der Waals surface area contributed by atoms with Gasteiger partial charge in [-0.3, -0.25) is 9.52 Å². The van der Waals surface area contributed by atoms with E-state index >= 15 is 0 Å². The highest BCUT2D eigenvalue weighted by Gasteiger charge is 2.17. The lowest BCUT2D eigenvalue weighted by Gasteiger charge is -2.25. The van der Waals surface area contributed by atoms with Gasteiger partial charge in [0.25, 0.3) is 15.9 Å². The lowest BCUT2D eigenvalue weighted by atomic mass is 10.1. The summed E-state index contributed by atoms with van der Waals surface area (Å²) in [5.74, 6) is 0.483. The van der Waals surface area contributed by atoms with Crippen LogP contribution >= 0.6 is 0 Å². The summed E-state index contributed by atoms with van der Waals surface area (Å²) in [5, 5.41) is 2.94. The van der Waals surface area contributed by atoms with Gasteiger partial charge in [0.1, 0.15) is 5.75 Å². The molecule has 1 atom stereocenters. The third-order valence-electron chi connectivity index (χ3n) is 5.01. The average Bonchev–Trinajstić information content (AvgIpc) is 2.80. The lowest BCUT2D eigenvalue weighted by Crippen LogP contribution is -2.34. The van der Waals surface area contributed by atoms with Crippen molar-refractivity contribution in [3.05, 3.63) is 90.0 Å². The molecule has 0 bridgehead atoms. The fraction of sp³-hybridized carbons (Fsp3) is 0.208. The van der Waals surface area contributed by atoms with E-state index in [-0.39, 0.29) is 16.8 Å². The number of methoxy groups -OCH3 is 1. The minimum absolute atomic E-state index is 0.0374. The Morgan fingerprint density at radius 1 is 0.969 bits per heavy atom. The molecule has 8 heteroatoms. The number of sulfonamides is 1. The van der Waals surface area contributed by atoms with Crippen LogP contribution in [0.25, 0.3) is 0 Å². The first-order valence-electron chi connectivity index (χ1n) is 10.1. The molecule has 0 aliphatic heterocycles. The van der Waals surface area contributed by atoms with Crippen molar-refractivity contribution in [1.29, 1.82) is 0 Å². The molecule has 32 heavy (non-hydrogen) atoms. The van der Waals surface area contributed by atoms with E-state index in [1.54, 1.807) is 43.5 Å². The molecule has 0 aliphatic rings. The molecule has 3 rings (SSSR count). The second kappa shape index (κ2) is 10.3. The number of rotatable bonds is 9. The van der Waals surface area contributed by atoms with Gasteiger partial charge in [-0.1, -0.05) is 36.4 Å². The zero-order chi connectivity index (χ0) is 23.1. The molecular weight excluding hydrogens is 426 g/mol. The van der Waals surface area contributed by atoms with Crippen molar-refractivity contribution in [2.75, 3.05) is 32.5 Å². The van der Waals surface area contributed by atoms with Crippen molar-refractivity contribution < 1.29 is 17.9 Å². The molecule has 2 N–H and O–H groups in total. The Bertz CT molecular complexity index is 1150. The summed E-state index contributed by atoms with van der Waals surface area (Å²) in [7, 11) is 1.77. The summed E-state index contributed by atoms with van der Waals surface area (Å²) >= 11 is 0. The molecule has 1 amide bonds. The minimum atomic E-state index is -3.73. The molecule has 0 radical (unpaired) electrons. The van der Waals surface area contributed by atoms with E-state index in [0.717, 1.165) is 11.3 Å². The molecule has 168 valence electrons. The first-order chi connectivity index (χ1) is 15.3. The quantitative estimate of drug-likeness (QED) is 0.518. The van der Waals surface area contributed by atoms with E-state index in [4.69, 9.17) is 4.74 Å². The first kappa shape index (κ1) is 23.3. The van der Waals surface area contributed by atoms with Gasteiger partial charge in [-0.05, 0) is 62.1 Å². The number of ether oxygens (including phenoxy) is 1. The molecule has 0 unspecified atom stereocenters. The van der Waals surface area contributed by atoms with Crippen LogP contribution in [-0.2, 0) is 10.0 Å². The molecule has 0 aliphatic carbocycles. The monoisotopic (exact) mass is 453 g/mol. The van der Waals surface area contributed by atoms with E-state index in [1.807, 2.05) is 43.3 Å². The van der Waals surface area contributed by atoms with Gasteiger partial charge in [-0.2, -0.15) is 0 Å². The molecule has 0 aromatic heterocycles. The SMILES string of the molecule is COc1ccc([C@H](CNC(=O)c2cccc(NS(=O)(=O)c3ccccc3)c2)N(C)C)cc1. The number of nitrogens with one attached hydrogen (secondary N) is 2. The van der Waals surface area contributed by atoms with Crippen LogP contribution in [0.15, 0.2) is 83.8 Å². The predicted octanol–water partition coefficient (Wildman–Crippen LogP) is 3.53. The molecule has 0 fully saturated rings. The van der Waals surface area contributed by atoms with Crippen molar-refractivity contribution in [2.45, 2.75) is 10.9 Å². The summed E-state index contributed by atoms with van der Waals surface area (Å²) in [4.78, 5) is 14.9. The molecule has 7 nitrogen and oxygen atoms in total. The standard InChI is InChI=1S/C24H27N3O4S/c1-27(2)23(18-12-14-21(31-3)15-13-18)17-25-24(28)19-8-7-9-20(16-19)26-32(29,30)22-10-5-4-6-11-22/h4-16,23,26H,17H2,1-3H3,(H,25,28)/t23-/m0/s1. The number of benzene rings is 3. The van der Waals surface area contributed by atoms with Gasteiger partial charge in [0.2, 0.25) is 0 Å². The summed E-state index contributed by atoms with van der Waals surface area (Å²) < 4.78 is 32.8. The first-order valence-corrected chi connectivity index (χ1v) is 11.5. The van der Waals surface area contributed by atoms with Crippen LogP contribution in [0.2, 0.25) is 0 Å². The number of amides is 1. The highest BCUT2D eigenvalue weighted by Crippen LogP contribution is 2.21. The zero-order valence-corrected chi connectivity index (χ0v) is 19.1. The minimum Gasteiger partial charge on any atom is -0.497 e. The van der Waals surface area contributed by atoms with Gasteiger partial charge in [0.15, 0.2) is 0 Å². The maximum atomic E-state index is 12.8. The summed E-state index contributed by atoms with van der Waals surface area (Å²) in [6, 6.07) is 22.2. The molecule has 3 aromatic rings. The van der Waals surface area contributed by atoms with Gasteiger partial charge in [0, 0.05) is 17.8 Å². The van der Waals surface area contributed by atoms with Crippen molar-refractivity contribution in [2.24, 2.45) is 0 Å². The van der Waals surface area contributed by atoms with E-state index in [1.165, 1.54) is 18.2 Å². The third kappa shape index (κ3) is 5.87. The molecule has 3 aromatic carbocycles. The maximum absolute atomic E-state index is 12.8. The van der Waals surface area contributed by atoms with Gasteiger partial charge < -0.3 is 15.0 Å². The molecular formula is C24H27N3O4S. The Hall–Kier alpha value is -3.36. The summed E-state index contributed by atoms with van der Waals surface area (Å²) in [6.45, 7) is 0.387. The zero-order valence-electron chi connectivity index (χ0n) is 18.3. The smallest absolute Gasteiger partial charge is 0.261 e. The van der Waals surface area contributed by atoms with E-state index < -0.39 is 10.0 Å². The van der Waals surface area contributed by atoms with Crippen molar-refractivity contribution in [3.8, 4) is 5.75 Å². The Morgan fingerprint density at radius 2 is 1.66 bits per heavy atom. The normalized spacial score (nSPS) is 12.2. The Kier molecular flexibility index (Phi) is 7.50. The summed E-state index contributed by atoms with van der Waals surface area (Å²) in [6.07, 6.45) is 0. The average molecular weight is 454 g/mol. The number of nitrogens with zero attached hydrogens (tertiary/aromatic N) is 1. The van der Waals surface area contributed by atoms with Crippen LogP contribution in [0.5, 0.6) is 5.75 Å². The second-order valence-electron chi connectivity index (χ2n) is 7.46. The molecule has 0 spiro atoms. The number of anilines is 1. The largest absolute Gasteiger partial charge is 0.497 e. The Balaban J connectivity index is 1.69. The highest BCUT2D eigenvalue weighted by atomic mass is 32.2. The topological polar surface area (TPSA) is 87.7 Å². The Morgan fingerprint density at radius 3 is 2.28 bits per heavy atom. The van der Waals surface area contributed by atoms with Crippen LogP contribution in [0, 0.1) is 0 Å². The van der Waals surface area contributed by atoms with Crippen LogP contribution < -0.4 is 14.8 Å². The third-order valence-corrected chi connectivity index (χ3v) is 6.41. The van der Waals surface area contributed by atoms with Crippen molar-refractivity contribution >= 4 is 21.6 Å². The van der Waals surface area contributed by atoms with Gasteiger partial charge >= 0.3 is 0 Å². The van der Waals surface area contributed by atoms with Crippen LogP contribution in [0.4, 0.5) is 5.69 Å². The van der Waals surface area contributed by atoms with Crippen LogP contribution in [0.1, 0.15) is 22.0 Å². The maximum Gasteiger partial charge on any atom is 0.261 e. The number of carbonyl (C=O) groups excluding carboxylic acids is 1. The highest BCUT2D eigenvalue weighted by molar-refractivity contribution is 7.92. The number of hydrogen-bond acceptors (Lipinski definition) is 5. The molecule has 0 heterocycles. The lowest BCUT2D eigenvalue weighted by molar-refractivity contribution is 0.0942. The predicted molar refractivity (Wildman–Crippen MR) is 125 cm³/mol. The fourth-order valence-corrected chi connectivity index (χ4v) is 4.32. The van der Waals surface area contributed by atoms with E-state index in [9.17, 15) is 13.2 Å². The van der Waals surface area contributed by atoms with E-state index in [0.29, 0.717) is 17.8 Å². The molecule has 0 saturated carbocycles. The number of likely N-dealkylation sites (N-methyl/N-ethyl adjacent to an activating group) is 1. The van der Waals surface area contributed by atoms with Gasteiger partial charge in [0.05, 0.1) is 18.0 Å². The number of carbonyl (C=O) groups is 1. The van der Waals surface area contributed by atoms with Gasteiger partial charge in [-0.15, -0.1) is 0 Å². The summed E-state index contributed by atoms with van der Waals surface area (Å²) in [5.41, 5.74) is 1.73. The van der Waals surface area contributed by atoms with Crippen LogP contribution in [-0.4, -0.2) is 47.0 Å². The van der Waals surface area contributed by atoms with Crippen molar-refractivity contribution in [3.63, 3.8) is 0 Å². The second-order valence-corrected chi connectivity index (χ2v) is 9.14. The Labute approximate surface area is 189 Å². The molecule has 0 saturated heterocycles. The van der Waals surface area contributed by atoms with Gasteiger partial charge in [-0.25, -0.2) is 8.42 Å². The van der Waals surface area contributed by atoms with Crippen molar-refractivity contribution in [1.82, 2.24) is 10.2 Å².